The average Bonchev–Trinajstić information content (AvgIpc) is 2.42. The summed E-state index contributed by atoms with van der Waals surface area (Å²) >= 11 is 0. The van der Waals surface area contributed by atoms with Crippen LogP contribution in [0.1, 0.15) is 37.7 Å². The highest BCUT2D eigenvalue weighted by Gasteiger charge is 2.23. The zero-order valence-electron chi connectivity index (χ0n) is 11.4. The molecule has 1 atom stereocenters. The highest BCUT2D eigenvalue weighted by molar-refractivity contribution is 5.66. The van der Waals surface area contributed by atoms with Crippen molar-refractivity contribution in [1.29, 1.82) is 0 Å². The minimum atomic E-state index is -0.772. The fourth-order valence-electron chi connectivity index (χ4n) is 2.77. The van der Waals surface area contributed by atoms with E-state index in [0.29, 0.717) is 13.0 Å². The quantitative estimate of drug-likeness (QED) is 0.871. The standard InChI is InChI=1S/C15H20FNO3/c16-13-9-11(4-6-14(13)18)10-17-8-2-1-3-12(17)5-7-15(19)20/h4,6,9,12,18H,1-3,5,7-8,10H2,(H,19,20). The molecule has 1 aliphatic heterocycles. The van der Waals surface area contributed by atoms with Gasteiger partial charge in [-0.3, -0.25) is 9.69 Å². The molecule has 5 heteroatoms. The topological polar surface area (TPSA) is 60.8 Å². The number of carboxylic acid groups (broad SMARTS) is 1. The summed E-state index contributed by atoms with van der Waals surface area (Å²) in [6, 6.07) is 4.66. The maximum absolute atomic E-state index is 13.3. The van der Waals surface area contributed by atoms with Crippen LogP contribution in [0.25, 0.3) is 0 Å². The van der Waals surface area contributed by atoms with E-state index in [-0.39, 0.29) is 18.2 Å². The van der Waals surface area contributed by atoms with E-state index in [2.05, 4.69) is 4.90 Å². The van der Waals surface area contributed by atoms with Gasteiger partial charge in [0.1, 0.15) is 0 Å². The molecule has 0 aromatic heterocycles. The Labute approximate surface area is 117 Å². The molecule has 1 saturated heterocycles. The molecule has 110 valence electrons. The molecular formula is C15H20FNO3. The Bertz CT molecular complexity index is 478. The first-order valence-corrected chi connectivity index (χ1v) is 6.99. The molecule has 1 heterocycles. The van der Waals surface area contributed by atoms with Crippen LogP contribution in [0.3, 0.4) is 0 Å². The van der Waals surface area contributed by atoms with E-state index < -0.39 is 11.8 Å². The Kier molecular flexibility index (Phi) is 4.95. The van der Waals surface area contributed by atoms with E-state index in [9.17, 15) is 14.3 Å². The third-order valence-electron chi connectivity index (χ3n) is 3.84. The van der Waals surface area contributed by atoms with Gasteiger partial charge in [-0.1, -0.05) is 12.5 Å². The highest BCUT2D eigenvalue weighted by atomic mass is 19.1. The van der Waals surface area contributed by atoms with Gasteiger partial charge in [-0.2, -0.15) is 0 Å². The van der Waals surface area contributed by atoms with Crippen LogP contribution in [0.2, 0.25) is 0 Å². The summed E-state index contributed by atoms with van der Waals surface area (Å²) in [7, 11) is 0. The molecule has 1 aliphatic rings. The predicted molar refractivity (Wildman–Crippen MR) is 73.0 cm³/mol. The molecule has 0 spiro atoms. The number of rotatable bonds is 5. The molecule has 1 aromatic rings. The summed E-state index contributed by atoms with van der Waals surface area (Å²) in [6.45, 7) is 1.51. The summed E-state index contributed by atoms with van der Waals surface area (Å²) in [6.07, 6.45) is 4.00. The summed E-state index contributed by atoms with van der Waals surface area (Å²) in [5, 5.41) is 18.0. The van der Waals surface area contributed by atoms with Crippen molar-refractivity contribution in [3.63, 3.8) is 0 Å². The average molecular weight is 281 g/mol. The highest BCUT2D eigenvalue weighted by Crippen LogP contribution is 2.24. The van der Waals surface area contributed by atoms with Gasteiger partial charge in [-0.15, -0.1) is 0 Å². The Morgan fingerprint density at radius 3 is 2.90 bits per heavy atom. The molecule has 1 aromatic carbocycles. The van der Waals surface area contributed by atoms with Gasteiger partial charge >= 0.3 is 5.97 Å². The van der Waals surface area contributed by atoms with Crippen LogP contribution in [0.4, 0.5) is 4.39 Å². The van der Waals surface area contributed by atoms with E-state index in [1.165, 1.54) is 12.1 Å². The number of nitrogens with zero attached hydrogens (tertiary/aromatic N) is 1. The van der Waals surface area contributed by atoms with Crippen LogP contribution < -0.4 is 0 Å². The first-order valence-electron chi connectivity index (χ1n) is 6.99. The van der Waals surface area contributed by atoms with E-state index in [0.717, 1.165) is 31.4 Å². The van der Waals surface area contributed by atoms with Crippen molar-refractivity contribution in [3.8, 4) is 5.75 Å². The third-order valence-corrected chi connectivity index (χ3v) is 3.84. The molecule has 2 N–H and O–H groups in total. The van der Waals surface area contributed by atoms with Gasteiger partial charge in [-0.05, 0) is 43.5 Å². The lowest BCUT2D eigenvalue weighted by Crippen LogP contribution is -2.39. The van der Waals surface area contributed by atoms with Gasteiger partial charge in [0, 0.05) is 19.0 Å². The van der Waals surface area contributed by atoms with E-state index in [1.807, 2.05) is 0 Å². The second-order valence-corrected chi connectivity index (χ2v) is 5.34. The molecule has 4 nitrogen and oxygen atoms in total. The molecule has 0 radical (unpaired) electrons. The van der Waals surface area contributed by atoms with Crippen molar-refractivity contribution in [1.82, 2.24) is 4.90 Å². The Balaban J connectivity index is 2.00. The van der Waals surface area contributed by atoms with Crippen molar-refractivity contribution in [2.24, 2.45) is 0 Å². The van der Waals surface area contributed by atoms with Crippen molar-refractivity contribution in [2.45, 2.75) is 44.7 Å². The molecule has 0 saturated carbocycles. The number of hydrogen-bond donors (Lipinski definition) is 2. The number of likely N-dealkylation sites (tertiary alicyclic amines) is 1. The maximum atomic E-state index is 13.3. The number of hydrogen-bond acceptors (Lipinski definition) is 3. The lowest BCUT2D eigenvalue weighted by molar-refractivity contribution is -0.137. The van der Waals surface area contributed by atoms with Crippen LogP contribution in [-0.2, 0) is 11.3 Å². The summed E-state index contributed by atoms with van der Waals surface area (Å²) in [4.78, 5) is 12.9. The number of carboxylic acids is 1. The third kappa shape index (κ3) is 3.93. The lowest BCUT2D eigenvalue weighted by Gasteiger charge is -2.35. The second kappa shape index (κ2) is 6.70. The largest absolute Gasteiger partial charge is 0.505 e. The van der Waals surface area contributed by atoms with Gasteiger partial charge in [0.25, 0.3) is 0 Å². The zero-order valence-corrected chi connectivity index (χ0v) is 11.4. The molecule has 0 bridgehead atoms. The van der Waals surface area contributed by atoms with Crippen molar-refractivity contribution < 1.29 is 19.4 Å². The lowest BCUT2D eigenvalue weighted by atomic mass is 9.97. The smallest absolute Gasteiger partial charge is 0.303 e. The van der Waals surface area contributed by atoms with Crippen LogP contribution in [0.5, 0.6) is 5.75 Å². The zero-order chi connectivity index (χ0) is 14.5. The van der Waals surface area contributed by atoms with Gasteiger partial charge in [0.2, 0.25) is 0 Å². The molecule has 2 rings (SSSR count). The van der Waals surface area contributed by atoms with Gasteiger partial charge in [0.15, 0.2) is 11.6 Å². The van der Waals surface area contributed by atoms with E-state index in [4.69, 9.17) is 5.11 Å². The fourth-order valence-corrected chi connectivity index (χ4v) is 2.77. The van der Waals surface area contributed by atoms with E-state index >= 15 is 0 Å². The number of carbonyl (C=O) groups is 1. The molecule has 0 amide bonds. The Morgan fingerprint density at radius 1 is 1.40 bits per heavy atom. The molecule has 0 aliphatic carbocycles. The number of phenolic OH excluding ortho intramolecular Hbond substituents is 1. The van der Waals surface area contributed by atoms with Crippen LogP contribution in [-0.4, -0.2) is 33.7 Å². The number of aromatic hydroxyl groups is 1. The summed E-state index contributed by atoms with van der Waals surface area (Å²) in [5.74, 6) is -1.72. The normalized spacial score (nSPS) is 19.9. The number of piperidine rings is 1. The van der Waals surface area contributed by atoms with Crippen LogP contribution in [0, 0.1) is 5.82 Å². The summed E-state index contributed by atoms with van der Waals surface area (Å²) in [5.41, 5.74) is 0.808. The second-order valence-electron chi connectivity index (χ2n) is 5.34. The van der Waals surface area contributed by atoms with Gasteiger partial charge in [-0.25, -0.2) is 4.39 Å². The number of benzene rings is 1. The van der Waals surface area contributed by atoms with Crippen molar-refractivity contribution in [3.05, 3.63) is 29.6 Å². The van der Waals surface area contributed by atoms with E-state index in [1.54, 1.807) is 6.07 Å². The molecular weight excluding hydrogens is 261 g/mol. The number of aliphatic carboxylic acids is 1. The monoisotopic (exact) mass is 281 g/mol. The molecule has 20 heavy (non-hydrogen) atoms. The SMILES string of the molecule is O=C(O)CCC1CCCCN1Cc1ccc(O)c(F)c1. The first-order chi connectivity index (χ1) is 9.56. The number of phenols is 1. The van der Waals surface area contributed by atoms with Crippen LogP contribution in [0.15, 0.2) is 18.2 Å². The van der Waals surface area contributed by atoms with Crippen molar-refractivity contribution in [2.75, 3.05) is 6.54 Å². The minimum absolute atomic E-state index is 0.172. The molecule has 1 fully saturated rings. The minimum Gasteiger partial charge on any atom is -0.505 e. The first kappa shape index (κ1) is 14.8. The van der Waals surface area contributed by atoms with Gasteiger partial charge in [0.05, 0.1) is 0 Å². The molecule has 1 unspecified atom stereocenters. The summed E-state index contributed by atoms with van der Waals surface area (Å²) < 4.78 is 13.3. The predicted octanol–water partition coefficient (Wildman–Crippen LogP) is 2.75. The fraction of sp³-hybridized carbons (Fsp3) is 0.533. The number of halogens is 1. The van der Waals surface area contributed by atoms with Crippen LogP contribution >= 0.6 is 0 Å². The van der Waals surface area contributed by atoms with Gasteiger partial charge < -0.3 is 10.2 Å². The van der Waals surface area contributed by atoms with Crippen molar-refractivity contribution >= 4 is 5.97 Å². The maximum Gasteiger partial charge on any atom is 0.303 e. The Morgan fingerprint density at radius 2 is 2.20 bits per heavy atom. The Hall–Kier alpha value is -1.62.